The fraction of sp³-hybridized carbons (Fsp3) is 0.538. The Hall–Kier alpha value is -2.20. The van der Waals surface area contributed by atoms with Crippen molar-refractivity contribution < 1.29 is 4.63 Å². The second-order valence-corrected chi connectivity index (χ2v) is 5.17. The fourth-order valence-corrected chi connectivity index (χ4v) is 2.66. The van der Waals surface area contributed by atoms with Crippen LogP contribution in [0, 0.1) is 17.2 Å². The van der Waals surface area contributed by atoms with Crippen LogP contribution in [-0.2, 0) is 13.0 Å². The molecule has 0 atom stereocenters. The van der Waals surface area contributed by atoms with E-state index in [1.54, 1.807) is 6.33 Å². The highest BCUT2D eigenvalue weighted by Crippen LogP contribution is 2.22. The molecule has 0 unspecified atom stereocenters. The van der Waals surface area contributed by atoms with Crippen LogP contribution in [0.25, 0.3) is 0 Å². The fourth-order valence-electron chi connectivity index (χ4n) is 2.66. The zero-order valence-corrected chi connectivity index (χ0v) is 11.1. The molecule has 104 valence electrons. The van der Waals surface area contributed by atoms with Crippen LogP contribution in [-0.4, -0.2) is 38.3 Å². The summed E-state index contributed by atoms with van der Waals surface area (Å²) in [5, 5.41) is 16.3. The van der Waals surface area contributed by atoms with Gasteiger partial charge in [-0.2, -0.15) is 5.26 Å². The van der Waals surface area contributed by atoms with Gasteiger partial charge in [0.15, 0.2) is 0 Å². The third kappa shape index (κ3) is 2.86. The molecule has 20 heavy (non-hydrogen) atoms. The number of H-pyrrole nitrogens is 1. The van der Waals surface area contributed by atoms with Crippen LogP contribution in [0.2, 0.25) is 0 Å². The van der Waals surface area contributed by atoms with E-state index < -0.39 is 0 Å². The van der Waals surface area contributed by atoms with Gasteiger partial charge in [0.2, 0.25) is 5.69 Å². The van der Waals surface area contributed by atoms with Crippen molar-refractivity contribution >= 4 is 0 Å². The number of nitrogens with zero attached hydrogens (tertiary/aromatic N) is 5. The number of rotatable bonds is 4. The molecule has 0 spiro atoms. The molecule has 1 aliphatic heterocycles. The summed E-state index contributed by atoms with van der Waals surface area (Å²) in [5.41, 5.74) is 2.14. The minimum absolute atomic E-state index is 0.296. The average molecular weight is 272 g/mol. The number of imidazole rings is 1. The van der Waals surface area contributed by atoms with Crippen molar-refractivity contribution in [3.63, 3.8) is 0 Å². The molecule has 0 radical (unpaired) electrons. The summed E-state index contributed by atoms with van der Waals surface area (Å²) in [6.07, 6.45) is 6.97. The molecule has 0 aromatic carbocycles. The van der Waals surface area contributed by atoms with Crippen molar-refractivity contribution in [3.8, 4) is 6.07 Å². The standard InChI is InChI=1S/C13H16N6O/c14-6-12-13(18-20-17-12)8-19-3-1-10(2-4-19)5-11-7-15-9-16-11/h7,9-10H,1-5,8H2,(H,15,16). The average Bonchev–Trinajstić information content (AvgIpc) is 3.12. The molecule has 3 rings (SSSR count). The third-order valence-corrected chi connectivity index (χ3v) is 3.81. The molecule has 0 amide bonds. The van der Waals surface area contributed by atoms with E-state index in [0.717, 1.165) is 32.4 Å². The lowest BCUT2D eigenvalue weighted by Crippen LogP contribution is -2.34. The van der Waals surface area contributed by atoms with Crippen LogP contribution < -0.4 is 0 Å². The first-order chi connectivity index (χ1) is 9.85. The van der Waals surface area contributed by atoms with Crippen molar-refractivity contribution in [1.29, 1.82) is 5.26 Å². The second kappa shape index (κ2) is 5.84. The summed E-state index contributed by atoms with van der Waals surface area (Å²) < 4.78 is 4.61. The van der Waals surface area contributed by atoms with Gasteiger partial charge >= 0.3 is 0 Å². The minimum atomic E-state index is 0.296. The van der Waals surface area contributed by atoms with E-state index >= 15 is 0 Å². The Balaban J connectivity index is 1.50. The van der Waals surface area contributed by atoms with E-state index in [-0.39, 0.29) is 0 Å². The highest BCUT2D eigenvalue weighted by Gasteiger charge is 2.22. The van der Waals surface area contributed by atoms with Crippen molar-refractivity contribution in [1.82, 2.24) is 25.2 Å². The van der Waals surface area contributed by atoms with Gasteiger partial charge in [-0.3, -0.25) is 4.90 Å². The van der Waals surface area contributed by atoms with Gasteiger partial charge < -0.3 is 4.98 Å². The molecule has 3 heterocycles. The first-order valence-electron chi connectivity index (χ1n) is 6.76. The van der Waals surface area contributed by atoms with Gasteiger partial charge in [-0.1, -0.05) is 5.16 Å². The Morgan fingerprint density at radius 1 is 1.40 bits per heavy atom. The number of aromatic nitrogens is 4. The molecule has 2 aromatic heterocycles. The summed E-state index contributed by atoms with van der Waals surface area (Å²) in [6.45, 7) is 2.66. The highest BCUT2D eigenvalue weighted by atomic mass is 16.6. The van der Waals surface area contributed by atoms with Crippen LogP contribution >= 0.6 is 0 Å². The molecule has 0 bridgehead atoms. The lowest BCUT2D eigenvalue weighted by atomic mass is 9.92. The van der Waals surface area contributed by atoms with Crippen molar-refractivity contribution in [2.45, 2.75) is 25.8 Å². The van der Waals surface area contributed by atoms with Crippen LogP contribution in [0.5, 0.6) is 0 Å². The Morgan fingerprint density at radius 2 is 2.25 bits per heavy atom. The topological polar surface area (TPSA) is 94.6 Å². The quantitative estimate of drug-likeness (QED) is 0.896. The van der Waals surface area contributed by atoms with Crippen LogP contribution in [0.1, 0.15) is 29.9 Å². The van der Waals surface area contributed by atoms with Gasteiger partial charge in [-0.15, -0.1) is 0 Å². The van der Waals surface area contributed by atoms with E-state index in [9.17, 15) is 0 Å². The van der Waals surface area contributed by atoms with Crippen LogP contribution in [0.3, 0.4) is 0 Å². The zero-order chi connectivity index (χ0) is 13.8. The highest BCUT2D eigenvalue weighted by molar-refractivity contribution is 5.22. The monoisotopic (exact) mass is 272 g/mol. The molecule has 0 saturated carbocycles. The number of likely N-dealkylation sites (tertiary alicyclic amines) is 1. The Morgan fingerprint density at radius 3 is 2.95 bits per heavy atom. The summed E-state index contributed by atoms with van der Waals surface area (Å²) in [6, 6.07) is 2.00. The summed E-state index contributed by atoms with van der Waals surface area (Å²) in [5.74, 6) is 0.692. The lowest BCUT2D eigenvalue weighted by Gasteiger charge is -2.31. The van der Waals surface area contributed by atoms with E-state index in [2.05, 4.69) is 29.8 Å². The van der Waals surface area contributed by atoms with E-state index in [1.807, 2.05) is 12.3 Å². The maximum absolute atomic E-state index is 8.88. The Bertz CT molecular complexity index is 576. The SMILES string of the molecule is N#Cc1nonc1CN1CCC(Cc2cnc[nH]2)CC1. The van der Waals surface area contributed by atoms with Gasteiger partial charge in [0.1, 0.15) is 11.8 Å². The summed E-state index contributed by atoms with van der Waals surface area (Å²) in [7, 11) is 0. The van der Waals surface area contributed by atoms with Gasteiger partial charge in [-0.25, -0.2) is 9.61 Å². The number of nitriles is 1. The number of nitrogens with one attached hydrogen (secondary N) is 1. The van der Waals surface area contributed by atoms with Crippen molar-refractivity contribution in [2.75, 3.05) is 13.1 Å². The lowest BCUT2D eigenvalue weighted by molar-refractivity contribution is 0.172. The Labute approximate surface area is 116 Å². The summed E-state index contributed by atoms with van der Waals surface area (Å²) >= 11 is 0. The smallest absolute Gasteiger partial charge is 0.209 e. The van der Waals surface area contributed by atoms with Crippen molar-refractivity contribution in [2.24, 2.45) is 5.92 Å². The Kier molecular flexibility index (Phi) is 3.74. The molecule has 1 saturated heterocycles. The van der Waals surface area contributed by atoms with E-state index in [4.69, 9.17) is 5.26 Å². The normalized spacial score (nSPS) is 17.1. The summed E-state index contributed by atoms with van der Waals surface area (Å²) in [4.78, 5) is 9.50. The molecular formula is C13H16N6O. The van der Waals surface area contributed by atoms with Crippen molar-refractivity contribution in [3.05, 3.63) is 29.6 Å². The number of hydrogen-bond donors (Lipinski definition) is 1. The minimum Gasteiger partial charge on any atom is -0.348 e. The first kappa shape index (κ1) is 12.8. The predicted octanol–water partition coefficient (Wildman–Crippen LogP) is 1.12. The number of hydrogen-bond acceptors (Lipinski definition) is 6. The molecule has 0 aliphatic carbocycles. The molecule has 7 nitrogen and oxygen atoms in total. The zero-order valence-electron chi connectivity index (χ0n) is 11.1. The molecule has 1 aliphatic rings. The molecule has 2 aromatic rings. The van der Waals surface area contributed by atoms with Gasteiger partial charge in [0.25, 0.3) is 0 Å². The van der Waals surface area contributed by atoms with Gasteiger partial charge in [0.05, 0.1) is 6.33 Å². The van der Waals surface area contributed by atoms with Crippen LogP contribution in [0.4, 0.5) is 0 Å². The maximum atomic E-state index is 8.88. The first-order valence-corrected chi connectivity index (χ1v) is 6.76. The van der Waals surface area contributed by atoms with E-state index in [1.165, 1.54) is 5.69 Å². The van der Waals surface area contributed by atoms with Gasteiger partial charge in [0, 0.05) is 18.4 Å². The molecule has 7 heteroatoms. The second-order valence-electron chi connectivity index (χ2n) is 5.17. The molecule has 1 N–H and O–H groups in total. The van der Waals surface area contributed by atoms with Gasteiger partial charge in [-0.05, 0) is 43.4 Å². The largest absolute Gasteiger partial charge is 0.348 e. The van der Waals surface area contributed by atoms with E-state index in [0.29, 0.717) is 23.9 Å². The number of piperidine rings is 1. The maximum Gasteiger partial charge on any atom is 0.209 e. The predicted molar refractivity (Wildman–Crippen MR) is 69.3 cm³/mol. The third-order valence-electron chi connectivity index (χ3n) is 3.81. The number of aromatic amines is 1. The molecule has 1 fully saturated rings. The van der Waals surface area contributed by atoms with Crippen LogP contribution in [0.15, 0.2) is 17.2 Å². The molecular weight excluding hydrogens is 256 g/mol.